The molecular formula is C32H60Si2. The predicted octanol–water partition coefficient (Wildman–Crippen LogP) is 10.5. The van der Waals surface area contributed by atoms with Crippen LogP contribution in [0.4, 0.5) is 0 Å². The van der Waals surface area contributed by atoms with Gasteiger partial charge in [0.05, 0.1) is 0 Å². The summed E-state index contributed by atoms with van der Waals surface area (Å²) >= 11 is 0. The van der Waals surface area contributed by atoms with Gasteiger partial charge >= 0.3 is 0 Å². The largest absolute Gasteiger partial charge is 0.0711 e. The molecule has 5 rings (SSSR count). The second-order valence-electron chi connectivity index (χ2n) is 16.7. The van der Waals surface area contributed by atoms with Gasteiger partial charge in [-0.15, -0.1) is 0 Å². The van der Waals surface area contributed by atoms with E-state index in [0.29, 0.717) is 5.41 Å². The van der Waals surface area contributed by atoms with Crippen molar-refractivity contribution in [2.45, 2.75) is 154 Å². The van der Waals surface area contributed by atoms with Crippen molar-refractivity contribution >= 4 is 15.2 Å². The van der Waals surface area contributed by atoms with E-state index in [2.05, 4.69) is 47.0 Å². The normalized spacial score (nSPS) is 42.1. The van der Waals surface area contributed by atoms with Gasteiger partial charge in [-0.3, -0.25) is 0 Å². The Bertz CT molecular complexity index is 696. The van der Waals surface area contributed by atoms with Crippen LogP contribution in [0.3, 0.4) is 0 Å². The molecule has 0 spiro atoms. The second kappa shape index (κ2) is 9.63. The van der Waals surface area contributed by atoms with E-state index >= 15 is 0 Å². The van der Waals surface area contributed by atoms with E-state index in [0.717, 1.165) is 47.0 Å². The van der Waals surface area contributed by atoms with Gasteiger partial charge in [-0.2, -0.15) is 0 Å². The van der Waals surface area contributed by atoms with Gasteiger partial charge in [-0.05, 0) is 83.6 Å². The van der Waals surface area contributed by atoms with Crippen molar-refractivity contribution < 1.29 is 0 Å². The Morgan fingerprint density at radius 2 is 1.29 bits per heavy atom. The molecule has 5 aliphatic rings. The molecule has 0 aromatic carbocycles. The molecular weight excluding hydrogens is 441 g/mol. The van der Waals surface area contributed by atoms with Gasteiger partial charge in [-0.25, -0.2) is 0 Å². The maximum absolute atomic E-state index is 2.94. The highest BCUT2D eigenvalue weighted by Crippen LogP contribution is 2.65. The van der Waals surface area contributed by atoms with Crippen molar-refractivity contribution in [1.82, 2.24) is 0 Å². The van der Waals surface area contributed by atoms with Crippen LogP contribution < -0.4 is 0 Å². The molecule has 0 saturated heterocycles. The Hall–Kier alpha value is 0.434. The fraction of sp³-hybridized carbons (Fsp3) is 1.00. The van der Waals surface area contributed by atoms with E-state index in [1.165, 1.54) is 18.4 Å². The zero-order chi connectivity index (χ0) is 24.3. The first-order chi connectivity index (χ1) is 16.0. The summed E-state index contributed by atoms with van der Waals surface area (Å²) < 4.78 is 0. The van der Waals surface area contributed by atoms with Crippen LogP contribution in [-0.2, 0) is 0 Å². The summed E-state index contributed by atoms with van der Waals surface area (Å²) in [7, 11) is -2.46. The van der Waals surface area contributed by atoms with E-state index < -0.39 is 15.2 Å². The average molecular weight is 501 g/mol. The van der Waals surface area contributed by atoms with Crippen LogP contribution in [0, 0.1) is 46.8 Å². The van der Waals surface area contributed by atoms with Crippen LogP contribution in [-0.4, -0.2) is 15.2 Å². The van der Waals surface area contributed by atoms with Crippen LogP contribution in [0.2, 0.25) is 37.3 Å². The van der Waals surface area contributed by atoms with Crippen molar-refractivity contribution in [2.75, 3.05) is 0 Å². The van der Waals surface area contributed by atoms with E-state index in [9.17, 15) is 0 Å². The summed E-state index contributed by atoms with van der Waals surface area (Å²) in [6, 6.07) is 0. The summed E-state index contributed by atoms with van der Waals surface area (Å²) in [6.07, 6.45) is 23.8. The second-order valence-corrected chi connectivity index (χ2v) is 32.8. The molecule has 5 aliphatic carbocycles. The molecule has 0 aliphatic heterocycles. The summed E-state index contributed by atoms with van der Waals surface area (Å²) in [4.78, 5) is 0. The quantitative estimate of drug-likeness (QED) is 0.329. The lowest BCUT2D eigenvalue weighted by molar-refractivity contribution is 0.0162. The Morgan fingerprint density at radius 3 is 2.00 bits per heavy atom. The molecule has 0 amide bonds. The van der Waals surface area contributed by atoms with Gasteiger partial charge < -0.3 is 0 Å². The molecule has 0 bridgehead atoms. The van der Waals surface area contributed by atoms with Crippen LogP contribution >= 0.6 is 0 Å². The van der Waals surface area contributed by atoms with Gasteiger partial charge in [0.2, 0.25) is 0 Å². The predicted molar refractivity (Wildman–Crippen MR) is 156 cm³/mol. The molecule has 0 nitrogen and oxygen atoms in total. The third-order valence-electron chi connectivity index (χ3n) is 13.4. The van der Waals surface area contributed by atoms with Gasteiger partial charge in [0.15, 0.2) is 0 Å². The number of fused-ring (bicyclic) bond motifs is 2. The molecule has 196 valence electrons. The summed E-state index contributed by atoms with van der Waals surface area (Å²) in [6.45, 7) is 19.1. The maximum atomic E-state index is 2.94. The molecule has 0 heterocycles. The minimum absolute atomic E-state index is 0.519. The Balaban J connectivity index is 1.34. The molecule has 8 unspecified atom stereocenters. The molecule has 5 saturated carbocycles. The van der Waals surface area contributed by atoms with Crippen LogP contribution in [0.25, 0.3) is 0 Å². The first kappa shape index (κ1) is 26.1. The lowest BCUT2D eigenvalue weighted by Gasteiger charge is -2.53. The fourth-order valence-electron chi connectivity index (χ4n) is 11.3. The number of hydrogen-bond acceptors (Lipinski definition) is 0. The number of rotatable bonds is 5. The van der Waals surface area contributed by atoms with E-state index in [1.807, 2.05) is 0 Å². The van der Waals surface area contributed by atoms with Crippen LogP contribution in [0.15, 0.2) is 0 Å². The smallest absolute Gasteiger partial charge is 0.0448 e. The van der Waals surface area contributed by atoms with Gasteiger partial charge in [-0.1, -0.05) is 118 Å². The molecule has 34 heavy (non-hydrogen) atoms. The minimum atomic E-state index is -1.24. The number of hydrogen-bond donors (Lipinski definition) is 0. The molecule has 0 N–H and O–H groups in total. The summed E-state index contributed by atoms with van der Waals surface area (Å²) in [5.41, 5.74) is 2.83. The van der Waals surface area contributed by atoms with E-state index in [1.54, 1.807) is 83.5 Å². The van der Waals surface area contributed by atoms with Crippen molar-refractivity contribution in [3.63, 3.8) is 0 Å². The zero-order valence-electron chi connectivity index (χ0n) is 24.3. The van der Waals surface area contributed by atoms with Crippen molar-refractivity contribution in [3.8, 4) is 0 Å². The molecule has 0 radical (unpaired) electrons. The Labute approximate surface area is 216 Å². The van der Waals surface area contributed by atoms with Gasteiger partial charge in [0, 0.05) is 15.2 Å². The molecule has 2 heteroatoms. The summed E-state index contributed by atoms with van der Waals surface area (Å²) in [5, 5.41) is 0. The summed E-state index contributed by atoms with van der Waals surface area (Å²) in [5.74, 6) is 7.86. The topological polar surface area (TPSA) is 0 Å². The lowest BCUT2D eigenvalue weighted by Crippen LogP contribution is -2.61. The standard InChI is InChI=1S/C32H60Si2/c1-32(2,3)22-23-16-17-26(20-23)33(4,5)34(6,7)30-19-18-28-29(30)21-25-14-11-15-27(25)31(28)24-12-9-8-10-13-24/h23-31H,8-22H2,1-7H3. The highest BCUT2D eigenvalue weighted by atomic mass is 29.3. The molecule has 0 aromatic heterocycles. The highest BCUT2D eigenvalue weighted by Gasteiger charge is 2.60. The third kappa shape index (κ3) is 4.72. The van der Waals surface area contributed by atoms with Crippen LogP contribution in [0.1, 0.15) is 117 Å². The van der Waals surface area contributed by atoms with Crippen molar-refractivity contribution in [3.05, 3.63) is 0 Å². The van der Waals surface area contributed by atoms with E-state index in [-0.39, 0.29) is 0 Å². The first-order valence-corrected chi connectivity index (χ1v) is 23.1. The Kier molecular flexibility index (Phi) is 7.38. The fourth-order valence-corrected chi connectivity index (χ4v) is 25.4. The zero-order valence-corrected chi connectivity index (χ0v) is 26.3. The van der Waals surface area contributed by atoms with Gasteiger partial charge in [0.1, 0.15) is 0 Å². The van der Waals surface area contributed by atoms with Crippen molar-refractivity contribution in [1.29, 1.82) is 0 Å². The highest BCUT2D eigenvalue weighted by molar-refractivity contribution is 7.41. The molecule has 0 aromatic rings. The third-order valence-corrected chi connectivity index (χ3v) is 34.2. The Morgan fingerprint density at radius 1 is 0.588 bits per heavy atom. The SMILES string of the molecule is CC(C)(C)CC1CCC([Si](C)(C)[Si](C)(C)C2CCC3C2CC2CCCC2C3C2CCCCC2)C1. The lowest BCUT2D eigenvalue weighted by atomic mass is 9.58. The molecule has 5 fully saturated rings. The minimum Gasteiger partial charge on any atom is -0.0711 e. The van der Waals surface area contributed by atoms with Gasteiger partial charge in [0.25, 0.3) is 0 Å². The molecule has 8 atom stereocenters. The van der Waals surface area contributed by atoms with Crippen molar-refractivity contribution in [2.24, 2.45) is 46.8 Å². The van der Waals surface area contributed by atoms with E-state index in [4.69, 9.17) is 0 Å². The monoisotopic (exact) mass is 500 g/mol. The average Bonchev–Trinajstić information content (AvgIpc) is 3.50. The maximum Gasteiger partial charge on any atom is 0.0448 e. The van der Waals surface area contributed by atoms with Crippen LogP contribution in [0.5, 0.6) is 0 Å². The first-order valence-electron chi connectivity index (χ1n) is 16.0.